The van der Waals surface area contributed by atoms with Gasteiger partial charge in [-0.3, -0.25) is 9.59 Å². The predicted octanol–water partition coefficient (Wildman–Crippen LogP) is 6.77. The minimum atomic E-state index is -1.00. The Labute approximate surface area is 204 Å². The number of hydrogen-bond donors (Lipinski definition) is 1. The third kappa shape index (κ3) is 4.31. The first-order valence-electron chi connectivity index (χ1n) is 11.2. The minimum Gasteiger partial charge on any atom is -0.477 e. The normalized spacial score (nSPS) is 19.7. The molecule has 172 valence electrons. The summed E-state index contributed by atoms with van der Waals surface area (Å²) < 4.78 is 7.30. The maximum atomic E-state index is 13.9. The SMILES string of the molecule is CC(C)(C)C1=CC2(C=C(C(C)(C)C)C1=O)Nc1ccccc1O[C@H]2C(=O)c1ccc(Br)cc1. The molecule has 4 rings (SSSR count). The molecule has 2 aliphatic rings. The highest BCUT2D eigenvalue weighted by atomic mass is 79.9. The molecule has 2 aromatic carbocycles. The number of Topliss-reactive ketones (excluding diaryl/α,β-unsaturated/α-hetero) is 2. The largest absolute Gasteiger partial charge is 0.477 e. The first-order valence-corrected chi connectivity index (χ1v) is 12.0. The highest BCUT2D eigenvalue weighted by Gasteiger charge is 2.51. The molecule has 1 heterocycles. The Balaban J connectivity index is 1.96. The van der Waals surface area contributed by atoms with Crippen LogP contribution < -0.4 is 10.1 Å². The lowest BCUT2D eigenvalue weighted by Gasteiger charge is -2.46. The molecule has 0 amide bonds. The van der Waals surface area contributed by atoms with Crippen molar-refractivity contribution >= 4 is 33.2 Å². The molecule has 1 atom stereocenters. The van der Waals surface area contributed by atoms with Gasteiger partial charge in [-0.15, -0.1) is 0 Å². The number of allylic oxidation sites excluding steroid dienone is 2. The Morgan fingerprint density at radius 1 is 0.909 bits per heavy atom. The minimum absolute atomic E-state index is 0.0242. The summed E-state index contributed by atoms with van der Waals surface area (Å²) in [7, 11) is 0. The number of anilines is 1. The molecule has 33 heavy (non-hydrogen) atoms. The Kier molecular flexibility index (Phi) is 5.68. The van der Waals surface area contributed by atoms with E-state index < -0.39 is 22.5 Å². The molecule has 0 fully saturated rings. The van der Waals surface area contributed by atoms with E-state index in [4.69, 9.17) is 4.74 Å². The van der Waals surface area contributed by atoms with Gasteiger partial charge in [-0.1, -0.05) is 81.7 Å². The Hall–Kier alpha value is -2.66. The van der Waals surface area contributed by atoms with Crippen LogP contribution in [0.1, 0.15) is 51.9 Å². The van der Waals surface area contributed by atoms with Gasteiger partial charge >= 0.3 is 0 Å². The molecule has 4 nitrogen and oxygen atoms in total. The van der Waals surface area contributed by atoms with Crippen LogP contribution in [0.4, 0.5) is 5.69 Å². The summed E-state index contributed by atoms with van der Waals surface area (Å²) in [4.78, 5) is 27.4. The fourth-order valence-corrected chi connectivity index (χ4v) is 4.63. The Morgan fingerprint density at radius 2 is 1.45 bits per heavy atom. The van der Waals surface area contributed by atoms with Gasteiger partial charge < -0.3 is 10.1 Å². The second kappa shape index (κ2) is 7.98. The molecule has 0 aromatic heterocycles. The Bertz CT molecular complexity index is 1140. The van der Waals surface area contributed by atoms with Crippen molar-refractivity contribution in [2.45, 2.75) is 53.2 Å². The molecule has 5 heteroatoms. The lowest BCUT2D eigenvalue weighted by Crippen LogP contribution is -2.58. The van der Waals surface area contributed by atoms with Crippen LogP contribution in [0.3, 0.4) is 0 Å². The number of carbonyl (C=O) groups is 2. The molecule has 1 aliphatic heterocycles. The maximum Gasteiger partial charge on any atom is 0.206 e. The van der Waals surface area contributed by atoms with Crippen LogP contribution in [0.25, 0.3) is 0 Å². The standard InChI is InChI=1S/C28H30BrNO3/c1-26(2,3)19-15-28(16-20(24(19)32)27(4,5)6)25(23(31)17-11-13-18(29)14-12-17)33-22-10-8-7-9-21(22)30-28/h7-16,25,30H,1-6H3/t25-/m0/s1. The summed E-state index contributed by atoms with van der Waals surface area (Å²) in [5.74, 6) is 0.496. The number of halogens is 1. The molecule has 0 unspecified atom stereocenters. The number of nitrogens with one attached hydrogen (secondary N) is 1. The van der Waals surface area contributed by atoms with Crippen molar-refractivity contribution in [2.24, 2.45) is 10.8 Å². The van der Waals surface area contributed by atoms with Crippen LogP contribution in [0.5, 0.6) is 5.75 Å². The van der Waals surface area contributed by atoms with Crippen LogP contribution in [0, 0.1) is 10.8 Å². The van der Waals surface area contributed by atoms with Crippen LogP contribution in [0.15, 0.2) is 76.3 Å². The molecule has 1 spiro atoms. The molecular weight excluding hydrogens is 478 g/mol. The van der Waals surface area contributed by atoms with E-state index in [1.165, 1.54) is 0 Å². The van der Waals surface area contributed by atoms with Gasteiger partial charge in [0.2, 0.25) is 5.78 Å². The lowest BCUT2D eigenvalue weighted by molar-refractivity contribution is -0.114. The van der Waals surface area contributed by atoms with Gasteiger partial charge in [-0.2, -0.15) is 0 Å². The smallest absolute Gasteiger partial charge is 0.206 e. The summed E-state index contributed by atoms with van der Waals surface area (Å²) in [6.07, 6.45) is 2.96. The van der Waals surface area contributed by atoms with E-state index >= 15 is 0 Å². The van der Waals surface area contributed by atoms with E-state index in [1.807, 2.05) is 90.1 Å². The highest BCUT2D eigenvalue weighted by Crippen LogP contribution is 2.46. The van der Waals surface area contributed by atoms with Gasteiger partial charge in [0.25, 0.3) is 0 Å². The van der Waals surface area contributed by atoms with E-state index in [2.05, 4.69) is 21.2 Å². The molecule has 0 saturated carbocycles. The van der Waals surface area contributed by atoms with Gasteiger partial charge in [0.05, 0.1) is 5.69 Å². The van der Waals surface area contributed by atoms with E-state index in [0.717, 1.165) is 10.2 Å². The number of benzene rings is 2. The van der Waals surface area contributed by atoms with Gasteiger partial charge in [-0.25, -0.2) is 0 Å². The average Bonchev–Trinajstić information content (AvgIpc) is 2.73. The third-order valence-corrected chi connectivity index (χ3v) is 6.68. The van der Waals surface area contributed by atoms with Crippen molar-refractivity contribution in [1.29, 1.82) is 0 Å². The van der Waals surface area contributed by atoms with Crippen LogP contribution >= 0.6 is 15.9 Å². The van der Waals surface area contributed by atoms with E-state index in [1.54, 1.807) is 12.1 Å². The van der Waals surface area contributed by atoms with Crippen molar-refractivity contribution in [1.82, 2.24) is 0 Å². The van der Waals surface area contributed by atoms with E-state index in [0.29, 0.717) is 22.5 Å². The van der Waals surface area contributed by atoms with Crippen molar-refractivity contribution in [3.63, 3.8) is 0 Å². The molecule has 0 saturated heterocycles. The van der Waals surface area contributed by atoms with Gasteiger partial charge in [0.1, 0.15) is 11.3 Å². The van der Waals surface area contributed by atoms with Gasteiger partial charge in [0, 0.05) is 21.2 Å². The summed E-state index contributed by atoms with van der Waals surface area (Å²) >= 11 is 3.44. The van der Waals surface area contributed by atoms with Crippen LogP contribution in [0.2, 0.25) is 0 Å². The number of hydrogen-bond acceptors (Lipinski definition) is 4. The third-order valence-electron chi connectivity index (χ3n) is 6.16. The van der Waals surface area contributed by atoms with Gasteiger partial charge in [0.15, 0.2) is 11.9 Å². The number of rotatable bonds is 2. The molecule has 0 bridgehead atoms. The zero-order valence-corrected chi connectivity index (χ0v) is 21.5. The topological polar surface area (TPSA) is 55.4 Å². The van der Waals surface area contributed by atoms with Crippen LogP contribution in [-0.2, 0) is 4.79 Å². The zero-order chi connectivity index (χ0) is 24.2. The number of ketones is 2. The fourth-order valence-electron chi connectivity index (χ4n) is 4.37. The summed E-state index contributed by atoms with van der Waals surface area (Å²) in [6, 6.07) is 14.9. The molecule has 2 aromatic rings. The van der Waals surface area contributed by atoms with Crippen molar-refractivity contribution < 1.29 is 14.3 Å². The van der Waals surface area contributed by atoms with Crippen molar-refractivity contribution in [2.75, 3.05) is 5.32 Å². The van der Waals surface area contributed by atoms with Gasteiger partial charge in [-0.05, 0) is 47.2 Å². The monoisotopic (exact) mass is 507 g/mol. The first-order chi connectivity index (χ1) is 15.3. The second-order valence-corrected chi connectivity index (χ2v) is 11.8. The second-order valence-electron chi connectivity index (χ2n) is 10.9. The maximum absolute atomic E-state index is 13.9. The van der Waals surface area contributed by atoms with Crippen LogP contribution in [-0.4, -0.2) is 23.2 Å². The fraction of sp³-hybridized carbons (Fsp3) is 0.357. The summed E-state index contributed by atoms with van der Waals surface area (Å²) in [5.41, 5.74) is 0.894. The van der Waals surface area contributed by atoms with Crippen molar-refractivity contribution in [3.05, 3.63) is 81.9 Å². The first kappa shape index (κ1) is 23.5. The molecule has 0 radical (unpaired) electrons. The van der Waals surface area contributed by atoms with E-state index in [9.17, 15) is 9.59 Å². The quantitative estimate of drug-likeness (QED) is 0.455. The van der Waals surface area contributed by atoms with E-state index in [-0.39, 0.29) is 11.6 Å². The molecule has 1 aliphatic carbocycles. The summed E-state index contributed by atoms with van der Waals surface area (Å²) in [5, 5.41) is 3.59. The lowest BCUT2D eigenvalue weighted by atomic mass is 9.67. The number of para-hydroxylation sites is 2. The Morgan fingerprint density at radius 3 is 2.00 bits per heavy atom. The van der Waals surface area contributed by atoms with Crippen molar-refractivity contribution in [3.8, 4) is 5.75 Å². The highest BCUT2D eigenvalue weighted by molar-refractivity contribution is 9.10. The summed E-state index contributed by atoms with van der Waals surface area (Å²) in [6.45, 7) is 12.2. The average molecular weight is 508 g/mol. The zero-order valence-electron chi connectivity index (χ0n) is 20.0. The molecular formula is C28H30BrNO3. The molecule has 1 N–H and O–H groups in total. The number of carbonyl (C=O) groups excluding carboxylic acids is 2. The number of ether oxygens (including phenoxy) is 1. The predicted molar refractivity (Wildman–Crippen MR) is 136 cm³/mol. The number of fused-ring (bicyclic) bond motifs is 1.